The van der Waals surface area contributed by atoms with Crippen molar-refractivity contribution in [1.82, 2.24) is 15.6 Å². The van der Waals surface area contributed by atoms with Gasteiger partial charge in [-0.05, 0) is 19.4 Å². The highest BCUT2D eigenvalue weighted by Crippen LogP contribution is 2.23. The fourth-order valence-electron chi connectivity index (χ4n) is 2.67. The van der Waals surface area contributed by atoms with Crippen LogP contribution in [0.25, 0.3) is 10.6 Å². The van der Waals surface area contributed by atoms with Gasteiger partial charge in [0.05, 0.1) is 11.6 Å². The molecule has 116 valence electrons. The summed E-state index contributed by atoms with van der Waals surface area (Å²) in [5.41, 5.74) is 2.20. The van der Waals surface area contributed by atoms with Gasteiger partial charge in [0.2, 0.25) is 5.91 Å². The van der Waals surface area contributed by atoms with Crippen LogP contribution in [0.15, 0.2) is 35.7 Å². The van der Waals surface area contributed by atoms with Crippen molar-refractivity contribution in [2.24, 2.45) is 5.92 Å². The smallest absolute Gasteiger partial charge is 0.224 e. The molecule has 2 heterocycles. The zero-order chi connectivity index (χ0) is 15.2. The lowest BCUT2D eigenvalue weighted by Gasteiger charge is -2.21. The summed E-state index contributed by atoms with van der Waals surface area (Å²) in [6.07, 6.45) is 2.87. The molecular formula is C17H21N3OS. The monoisotopic (exact) mass is 315 g/mol. The molecule has 0 spiro atoms. The summed E-state index contributed by atoms with van der Waals surface area (Å²) in [7, 11) is 0. The summed E-state index contributed by atoms with van der Waals surface area (Å²) < 4.78 is 0. The van der Waals surface area contributed by atoms with E-state index < -0.39 is 0 Å². The molecule has 1 atom stereocenters. The van der Waals surface area contributed by atoms with Crippen LogP contribution in [-0.4, -0.2) is 30.5 Å². The summed E-state index contributed by atoms with van der Waals surface area (Å²) in [5, 5.41) is 9.43. The Morgan fingerprint density at radius 2 is 2.23 bits per heavy atom. The normalized spacial score (nSPS) is 18.1. The number of piperidine rings is 1. The van der Waals surface area contributed by atoms with Crippen LogP contribution < -0.4 is 10.6 Å². The van der Waals surface area contributed by atoms with Gasteiger partial charge in [-0.15, -0.1) is 11.3 Å². The van der Waals surface area contributed by atoms with Crippen molar-refractivity contribution in [3.8, 4) is 10.6 Å². The van der Waals surface area contributed by atoms with Crippen LogP contribution in [-0.2, 0) is 11.2 Å². The quantitative estimate of drug-likeness (QED) is 0.891. The van der Waals surface area contributed by atoms with Crippen molar-refractivity contribution in [2.45, 2.75) is 19.3 Å². The minimum absolute atomic E-state index is 0.129. The first-order valence-corrected chi connectivity index (χ1v) is 8.69. The maximum Gasteiger partial charge on any atom is 0.224 e. The molecule has 3 rings (SSSR count). The Labute approximate surface area is 135 Å². The van der Waals surface area contributed by atoms with Crippen molar-refractivity contribution in [3.63, 3.8) is 0 Å². The molecule has 2 aromatic rings. The standard InChI is InChI=1S/C17H21N3OS/c21-16(14-7-4-9-18-11-14)19-10-8-15-12-22-17(20-15)13-5-2-1-3-6-13/h1-3,5-6,12,14,18H,4,7-11H2,(H,19,21). The predicted molar refractivity (Wildman–Crippen MR) is 89.9 cm³/mol. The van der Waals surface area contributed by atoms with Crippen molar-refractivity contribution in [3.05, 3.63) is 41.4 Å². The van der Waals surface area contributed by atoms with E-state index in [1.54, 1.807) is 11.3 Å². The fourth-order valence-corrected chi connectivity index (χ4v) is 3.53. The minimum Gasteiger partial charge on any atom is -0.355 e. The Kier molecular flexibility index (Phi) is 5.19. The number of hydrogen-bond donors (Lipinski definition) is 2. The van der Waals surface area contributed by atoms with E-state index in [-0.39, 0.29) is 11.8 Å². The van der Waals surface area contributed by atoms with E-state index in [9.17, 15) is 4.79 Å². The van der Waals surface area contributed by atoms with E-state index in [4.69, 9.17) is 0 Å². The minimum atomic E-state index is 0.129. The number of benzene rings is 1. The second-order valence-corrected chi connectivity index (χ2v) is 6.45. The number of nitrogens with one attached hydrogen (secondary N) is 2. The van der Waals surface area contributed by atoms with Crippen molar-refractivity contribution >= 4 is 17.2 Å². The molecule has 5 heteroatoms. The Morgan fingerprint density at radius 3 is 3.00 bits per heavy atom. The molecular weight excluding hydrogens is 294 g/mol. The molecule has 1 aromatic carbocycles. The predicted octanol–water partition coefficient (Wildman–Crippen LogP) is 2.47. The lowest BCUT2D eigenvalue weighted by molar-refractivity contribution is -0.125. The SMILES string of the molecule is O=C(NCCc1csc(-c2ccccc2)n1)C1CCCNC1. The molecule has 0 aliphatic carbocycles. The van der Waals surface area contributed by atoms with Crippen LogP contribution in [0.4, 0.5) is 0 Å². The van der Waals surface area contributed by atoms with Gasteiger partial charge in [0.15, 0.2) is 0 Å². The second-order valence-electron chi connectivity index (χ2n) is 5.59. The zero-order valence-corrected chi connectivity index (χ0v) is 13.4. The topological polar surface area (TPSA) is 54.0 Å². The number of carbonyl (C=O) groups is 1. The first-order valence-electron chi connectivity index (χ1n) is 7.81. The molecule has 2 N–H and O–H groups in total. The van der Waals surface area contributed by atoms with E-state index in [1.165, 1.54) is 0 Å². The highest BCUT2D eigenvalue weighted by Gasteiger charge is 2.20. The van der Waals surface area contributed by atoms with E-state index >= 15 is 0 Å². The number of nitrogens with zero attached hydrogens (tertiary/aromatic N) is 1. The third kappa shape index (κ3) is 3.93. The maximum atomic E-state index is 12.0. The number of rotatable bonds is 5. The summed E-state index contributed by atoms with van der Waals surface area (Å²) in [4.78, 5) is 16.7. The van der Waals surface area contributed by atoms with E-state index in [0.29, 0.717) is 6.54 Å². The highest BCUT2D eigenvalue weighted by molar-refractivity contribution is 7.13. The molecule has 22 heavy (non-hydrogen) atoms. The van der Waals surface area contributed by atoms with Gasteiger partial charge >= 0.3 is 0 Å². The van der Waals surface area contributed by atoms with Gasteiger partial charge in [0.1, 0.15) is 5.01 Å². The summed E-state index contributed by atoms with van der Waals surface area (Å²) >= 11 is 1.66. The third-order valence-corrected chi connectivity index (χ3v) is 4.86. The summed E-state index contributed by atoms with van der Waals surface area (Å²) in [6, 6.07) is 10.2. The molecule has 0 bridgehead atoms. The van der Waals surface area contributed by atoms with Gasteiger partial charge in [-0.1, -0.05) is 30.3 Å². The largest absolute Gasteiger partial charge is 0.355 e. The molecule has 1 saturated heterocycles. The molecule has 1 aliphatic rings. The maximum absolute atomic E-state index is 12.0. The summed E-state index contributed by atoms with van der Waals surface area (Å²) in [5.74, 6) is 0.301. The number of hydrogen-bond acceptors (Lipinski definition) is 4. The van der Waals surface area contributed by atoms with Crippen LogP contribution in [0.2, 0.25) is 0 Å². The first-order chi connectivity index (χ1) is 10.8. The molecule has 0 radical (unpaired) electrons. The molecule has 0 saturated carbocycles. The molecule has 1 fully saturated rings. The Morgan fingerprint density at radius 1 is 1.36 bits per heavy atom. The van der Waals surface area contributed by atoms with Crippen LogP contribution in [0.5, 0.6) is 0 Å². The van der Waals surface area contributed by atoms with Crippen molar-refractivity contribution in [2.75, 3.05) is 19.6 Å². The average molecular weight is 315 g/mol. The third-order valence-electron chi connectivity index (χ3n) is 3.92. The fraction of sp³-hybridized carbons (Fsp3) is 0.412. The van der Waals surface area contributed by atoms with Gasteiger partial charge in [-0.25, -0.2) is 4.98 Å². The number of aromatic nitrogens is 1. The Bertz CT molecular complexity index is 605. The van der Waals surface area contributed by atoms with E-state index in [0.717, 1.165) is 48.6 Å². The van der Waals surface area contributed by atoms with E-state index in [2.05, 4.69) is 33.1 Å². The average Bonchev–Trinajstić information content (AvgIpc) is 3.05. The molecule has 4 nitrogen and oxygen atoms in total. The molecule has 1 amide bonds. The Balaban J connectivity index is 1.48. The van der Waals surface area contributed by atoms with Gasteiger partial charge in [0, 0.05) is 30.5 Å². The first kappa shape index (κ1) is 15.2. The van der Waals surface area contributed by atoms with E-state index in [1.807, 2.05) is 18.2 Å². The Hall–Kier alpha value is -1.72. The molecule has 1 aliphatic heterocycles. The molecule has 1 unspecified atom stereocenters. The van der Waals surface area contributed by atoms with Crippen molar-refractivity contribution < 1.29 is 4.79 Å². The summed E-state index contributed by atoms with van der Waals surface area (Å²) in [6.45, 7) is 2.50. The van der Waals surface area contributed by atoms with Gasteiger partial charge in [0.25, 0.3) is 0 Å². The number of carbonyl (C=O) groups excluding carboxylic acids is 1. The second kappa shape index (κ2) is 7.51. The molecule has 1 aromatic heterocycles. The van der Waals surface area contributed by atoms with Crippen LogP contribution in [0.1, 0.15) is 18.5 Å². The van der Waals surface area contributed by atoms with Crippen LogP contribution in [0, 0.1) is 5.92 Å². The van der Waals surface area contributed by atoms with Crippen LogP contribution in [0.3, 0.4) is 0 Å². The lowest BCUT2D eigenvalue weighted by Crippen LogP contribution is -2.41. The number of amides is 1. The lowest BCUT2D eigenvalue weighted by atomic mass is 9.99. The van der Waals surface area contributed by atoms with Gasteiger partial charge < -0.3 is 10.6 Å². The zero-order valence-electron chi connectivity index (χ0n) is 12.5. The van der Waals surface area contributed by atoms with Gasteiger partial charge in [-0.3, -0.25) is 4.79 Å². The highest BCUT2D eigenvalue weighted by atomic mass is 32.1. The van der Waals surface area contributed by atoms with Crippen LogP contribution >= 0.6 is 11.3 Å². The van der Waals surface area contributed by atoms with Gasteiger partial charge in [-0.2, -0.15) is 0 Å². The number of thiazole rings is 1. The van der Waals surface area contributed by atoms with Crippen molar-refractivity contribution in [1.29, 1.82) is 0 Å².